The van der Waals surface area contributed by atoms with Crippen molar-refractivity contribution in [3.05, 3.63) is 34.9 Å². The van der Waals surface area contributed by atoms with Crippen LogP contribution in [-0.4, -0.2) is 53.5 Å². The summed E-state index contributed by atoms with van der Waals surface area (Å²) in [5.41, 5.74) is 2.49. The van der Waals surface area contributed by atoms with E-state index in [4.69, 9.17) is 5.11 Å². The van der Waals surface area contributed by atoms with Crippen molar-refractivity contribution in [1.29, 1.82) is 0 Å². The molecule has 108 valence electrons. The van der Waals surface area contributed by atoms with Gasteiger partial charge in [0.2, 0.25) is 5.91 Å². The largest absolute Gasteiger partial charge is 0.478 e. The lowest BCUT2D eigenvalue weighted by molar-refractivity contribution is -0.134. The fourth-order valence-electron chi connectivity index (χ4n) is 2.57. The molecule has 5 heteroatoms. The van der Waals surface area contributed by atoms with Crippen LogP contribution in [0.2, 0.25) is 0 Å². The van der Waals surface area contributed by atoms with Gasteiger partial charge >= 0.3 is 5.97 Å². The fraction of sp³-hybridized carbons (Fsp3) is 0.467. The third kappa shape index (κ3) is 2.82. The molecule has 0 bridgehead atoms. The summed E-state index contributed by atoms with van der Waals surface area (Å²) in [4.78, 5) is 26.7. The van der Waals surface area contributed by atoms with Gasteiger partial charge in [-0.1, -0.05) is 6.07 Å². The number of aromatic carboxylic acids is 1. The van der Waals surface area contributed by atoms with E-state index in [1.807, 2.05) is 13.0 Å². The Bertz CT molecular complexity index is 540. The van der Waals surface area contributed by atoms with Crippen molar-refractivity contribution in [2.75, 3.05) is 20.6 Å². The first-order chi connectivity index (χ1) is 9.40. The van der Waals surface area contributed by atoms with E-state index in [2.05, 4.69) is 4.90 Å². The molecule has 0 saturated heterocycles. The van der Waals surface area contributed by atoms with E-state index in [0.717, 1.165) is 18.5 Å². The highest BCUT2D eigenvalue weighted by molar-refractivity contribution is 5.88. The van der Waals surface area contributed by atoms with E-state index in [-0.39, 0.29) is 11.9 Å². The van der Waals surface area contributed by atoms with Gasteiger partial charge < -0.3 is 10.0 Å². The monoisotopic (exact) mass is 276 g/mol. The average Bonchev–Trinajstić information content (AvgIpc) is 2.44. The van der Waals surface area contributed by atoms with Crippen molar-refractivity contribution < 1.29 is 14.7 Å². The summed E-state index contributed by atoms with van der Waals surface area (Å²) in [7, 11) is 3.50. The molecule has 1 atom stereocenters. The van der Waals surface area contributed by atoms with E-state index < -0.39 is 5.97 Å². The van der Waals surface area contributed by atoms with Crippen molar-refractivity contribution in [1.82, 2.24) is 9.80 Å². The molecule has 1 aromatic carbocycles. The minimum atomic E-state index is -0.915. The van der Waals surface area contributed by atoms with Gasteiger partial charge in [0.25, 0.3) is 0 Å². The molecule has 0 saturated carbocycles. The average molecular weight is 276 g/mol. The quantitative estimate of drug-likeness (QED) is 0.901. The van der Waals surface area contributed by atoms with Gasteiger partial charge in [-0.15, -0.1) is 0 Å². The van der Waals surface area contributed by atoms with Crippen LogP contribution in [0.3, 0.4) is 0 Å². The van der Waals surface area contributed by atoms with Crippen LogP contribution in [0.5, 0.6) is 0 Å². The first-order valence-corrected chi connectivity index (χ1v) is 6.70. The number of amides is 1. The fourth-order valence-corrected chi connectivity index (χ4v) is 2.57. The molecule has 1 N–H and O–H groups in total. The molecule has 1 heterocycles. The molecule has 2 rings (SSSR count). The number of carbonyl (C=O) groups excluding carboxylic acids is 1. The molecule has 0 spiro atoms. The minimum absolute atomic E-state index is 0.0721. The zero-order valence-electron chi connectivity index (χ0n) is 12.1. The van der Waals surface area contributed by atoms with Gasteiger partial charge in [-0.25, -0.2) is 4.79 Å². The predicted octanol–water partition coefficient (Wildman–Crippen LogP) is 1.22. The molecule has 1 aliphatic rings. The number of fused-ring (bicyclic) bond motifs is 1. The third-order valence-corrected chi connectivity index (χ3v) is 3.84. The van der Waals surface area contributed by atoms with Crippen LogP contribution in [0.15, 0.2) is 18.2 Å². The number of carboxylic acid groups (broad SMARTS) is 1. The van der Waals surface area contributed by atoms with Crippen LogP contribution in [0.25, 0.3) is 0 Å². The Morgan fingerprint density at radius 3 is 2.60 bits per heavy atom. The molecule has 0 radical (unpaired) electrons. The molecule has 20 heavy (non-hydrogen) atoms. The van der Waals surface area contributed by atoms with E-state index in [1.54, 1.807) is 31.1 Å². The van der Waals surface area contributed by atoms with E-state index in [0.29, 0.717) is 12.1 Å². The minimum Gasteiger partial charge on any atom is -0.478 e. The summed E-state index contributed by atoms with van der Waals surface area (Å²) in [5, 5.41) is 9.05. The third-order valence-electron chi connectivity index (χ3n) is 3.84. The Morgan fingerprint density at radius 1 is 1.30 bits per heavy atom. The predicted molar refractivity (Wildman–Crippen MR) is 75.7 cm³/mol. The molecular weight excluding hydrogens is 256 g/mol. The van der Waals surface area contributed by atoms with Crippen molar-refractivity contribution in [3.8, 4) is 0 Å². The molecule has 1 amide bonds. The maximum absolute atomic E-state index is 12.0. The second-order valence-electron chi connectivity index (χ2n) is 5.42. The normalized spacial score (nSPS) is 16.4. The first kappa shape index (κ1) is 14.5. The highest BCUT2D eigenvalue weighted by atomic mass is 16.4. The topological polar surface area (TPSA) is 60.9 Å². The number of rotatable bonds is 3. The summed E-state index contributed by atoms with van der Waals surface area (Å²) in [6.45, 7) is 3.34. The van der Waals surface area contributed by atoms with E-state index in [9.17, 15) is 9.59 Å². The maximum atomic E-state index is 12.0. The van der Waals surface area contributed by atoms with Crippen molar-refractivity contribution in [2.45, 2.75) is 25.9 Å². The van der Waals surface area contributed by atoms with Crippen LogP contribution >= 0.6 is 0 Å². The second-order valence-corrected chi connectivity index (χ2v) is 5.42. The number of benzene rings is 1. The standard InChI is InChI=1S/C15H20N2O3/c1-10(14(18)16(2)3)17-7-6-11-4-5-12(15(19)20)8-13(11)9-17/h4-5,8,10H,6-7,9H2,1-3H3,(H,19,20). The Balaban J connectivity index is 2.19. The summed E-state index contributed by atoms with van der Waals surface area (Å²) in [6.07, 6.45) is 0.848. The summed E-state index contributed by atoms with van der Waals surface area (Å²) >= 11 is 0. The Morgan fingerprint density at radius 2 is 2.00 bits per heavy atom. The van der Waals surface area contributed by atoms with Gasteiger partial charge in [-0.3, -0.25) is 9.69 Å². The van der Waals surface area contributed by atoms with Crippen LogP contribution < -0.4 is 0 Å². The number of likely N-dealkylation sites (N-methyl/N-ethyl adjacent to an activating group) is 1. The summed E-state index contributed by atoms with van der Waals surface area (Å²) in [6, 6.07) is 5.06. The summed E-state index contributed by atoms with van der Waals surface area (Å²) in [5.74, 6) is -0.842. The summed E-state index contributed by atoms with van der Waals surface area (Å²) < 4.78 is 0. The van der Waals surface area contributed by atoms with Gasteiger partial charge in [-0.05, 0) is 36.6 Å². The SMILES string of the molecule is CC(C(=O)N(C)C)N1CCc2ccc(C(=O)O)cc2C1. The molecule has 5 nitrogen and oxygen atoms in total. The zero-order chi connectivity index (χ0) is 14.9. The van der Waals surface area contributed by atoms with Crippen molar-refractivity contribution >= 4 is 11.9 Å². The molecular formula is C15H20N2O3. The lowest BCUT2D eigenvalue weighted by Crippen LogP contribution is -2.46. The van der Waals surface area contributed by atoms with Crippen LogP contribution in [-0.2, 0) is 17.8 Å². The maximum Gasteiger partial charge on any atom is 0.335 e. The Labute approximate surface area is 118 Å². The highest BCUT2D eigenvalue weighted by Crippen LogP contribution is 2.22. The number of hydrogen-bond donors (Lipinski definition) is 1. The highest BCUT2D eigenvalue weighted by Gasteiger charge is 2.26. The lowest BCUT2D eigenvalue weighted by Gasteiger charge is -2.34. The molecule has 1 unspecified atom stereocenters. The number of nitrogens with zero attached hydrogens (tertiary/aromatic N) is 2. The first-order valence-electron chi connectivity index (χ1n) is 6.70. The van der Waals surface area contributed by atoms with Gasteiger partial charge in [-0.2, -0.15) is 0 Å². The number of hydrogen-bond acceptors (Lipinski definition) is 3. The lowest BCUT2D eigenvalue weighted by atomic mass is 9.96. The van der Waals surface area contributed by atoms with Crippen molar-refractivity contribution in [3.63, 3.8) is 0 Å². The van der Waals surface area contributed by atoms with Crippen LogP contribution in [0, 0.1) is 0 Å². The molecule has 0 aliphatic carbocycles. The van der Waals surface area contributed by atoms with Gasteiger partial charge in [0.05, 0.1) is 11.6 Å². The molecule has 0 fully saturated rings. The molecule has 1 aliphatic heterocycles. The van der Waals surface area contributed by atoms with Crippen LogP contribution in [0.4, 0.5) is 0 Å². The Kier molecular flexibility index (Phi) is 4.09. The molecule has 0 aromatic heterocycles. The van der Waals surface area contributed by atoms with E-state index >= 15 is 0 Å². The van der Waals surface area contributed by atoms with Crippen LogP contribution in [0.1, 0.15) is 28.4 Å². The van der Waals surface area contributed by atoms with E-state index in [1.165, 1.54) is 5.56 Å². The van der Waals surface area contributed by atoms with Crippen molar-refractivity contribution in [2.24, 2.45) is 0 Å². The second kappa shape index (κ2) is 5.63. The zero-order valence-corrected chi connectivity index (χ0v) is 12.1. The number of carboxylic acids is 1. The smallest absolute Gasteiger partial charge is 0.335 e. The number of carbonyl (C=O) groups is 2. The van der Waals surface area contributed by atoms with Gasteiger partial charge in [0.15, 0.2) is 0 Å². The van der Waals surface area contributed by atoms with Gasteiger partial charge in [0, 0.05) is 27.2 Å². The Hall–Kier alpha value is -1.88. The van der Waals surface area contributed by atoms with Gasteiger partial charge in [0.1, 0.15) is 0 Å². The molecule has 1 aromatic rings.